The highest BCUT2D eigenvalue weighted by atomic mass is 19.4. The molecule has 0 aliphatic rings. The van der Waals surface area contributed by atoms with Crippen molar-refractivity contribution >= 4 is 0 Å². The Morgan fingerprint density at radius 1 is 1.38 bits per heavy atom. The van der Waals surface area contributed by atoms with Crippen molar-refractivity contribution in [2.45, 2.75) is 19.7 Å². The van der Waals surface area contributed by atoms with Gasteiger partial charge in [-0.05, 0) is 6.92 Å². The molecule has 16 heavy (non-hydrogen) atoms. The summed E-state index contributed by atoms with van der Waals surface area (Å²) < 4.78 is 63.8. The monoisotopic (exact) mass is 243 g/mol. The van der Waals surface area contributed by atoms with Crippen LogP contribution in [0.2, 0.25) is 0 Å². The number of rotatable bonds is 2. The van der Waals surface area contributed by atoms with Crippen LogP contribution in [0.4, 0.5) is 22.0 Å². The van der Waals surface area contributed by atoms with Crippen LogP contribution >= 0.6 is 0 Å². The molecule has 1 rings (SSSR count). The molecular formula is C8H6F5NO2. The predicted molar refractivity (Wildman–Crippen MR) is 43.4 cm³/mol. The average molecular weight is 243 g/mol. The molecule has 3 nitrogen and oxygen atoms in total. The summed E-state index contributed by atoms with van der Waals surface area (Å²) in [6, 6.07) is 0. The van der Waals surface area contributed by atoms with E-state index in [0.29, 0.717) is 6.20 Å². The molecule has 0 saturated heterocycles. The normalized spacial score (nSPS) is 11.9. The van der Waals surface area contributed by atoms with Gasteiger partial charge >= 0.3 is 6.36 Å². The van der Waals surface area contributed by atoms with Gasteiger partial charge in [0, 0.05) is 11.8 Å². The molecule has 1 N–H and O–H groups in total. The summed E-state index contributed by atoms with van der Waals surface area (Å²) in [5.74, 6) is -1.10. The highest BCUT2D eigenvalue weighted by Crippen LogP contribution is 2.32. The number of nitrogens with one attached hydrogen (secondary N) is 1. The zero-order valence-electron chi connectivity index (χ0n) is 7.86. The third-order valence-electron chi connectivity index (χ3n) is 1.79. The van der Waals surface area contributed by atoms with Gasteiger partial charge in [-0.25, -0.2) is 8.78 Å². The topological polar surface area (TPSA) is 42.1 Å². The van der Waals surface area contributed by atoms with E-state index >= 15 is 0 Å². The molecule has 0 unspecified atom stereocenters. The van der Waals surface area contributed by atoms with Crippen molar-refractivity contribution in [2.24, 2.45) is 0 Å². The Morgan fingerprint density at radius 2 is 1.94 bits per heavy atom. The second-order valence-electron chi connectivity index (χ2n) is 2.87. The minimum Gasteiger partial charge on any atom is -0.404 e. The van der Waals surface area contributed by atoms with E-state index in [2.05, 4.69) is 4.74 Å². The molecule has 1 aromatic heterocycles. The lowest BCUT2D eigenvalue weighted by atomic mass is 10.1. The number of aromatic amines is 1. The number of H-pyrrole nitrogens is 1. The maximum atomic E-state index is 12.4. The molecule has 1 heterocycles. The minimum atomic E-state index is -5.09. The van der Waals surface area contributed by atoms with E-state index in [4.69, 9.17) is 0 Å². The van der Waals surface area contributed by atoms with E-state index in [-0.39, 0.29) is 0 Å². The molecule has 8 heteroatoms. The van der Waals surface area contributed by atoms with Crippen LogP contribution in [0.5, 0.6) is 5.75 Å². The lowest BCUT2D eigenvalue weighted by Crippen LogP contribution is -2.21. The Balaban J connectivity index is 3.29. The lowest BCUT2D eigenvalue weighted by molar-refractivity contribution is -0.275. The first kappa shape index (κ1) is 12.5. The van der Waals surface area contributed by atoms with Crippen molar-refractivity contribution in [3.63, 3.8) is 0 Å². The number of ether oxygens (including phenoxy) is 1. The Bertz CT molecular complexity index is 437. The number of hydrogen-bond acceptors (Lipinski definition) is 2. The molecule has 0 bridgehead atoms. The lowest BCUT2D eigenvalue weighted by Gasteiger charge is -2.13. The molecule has 90 valence electrons. The molecule has 0 aliphatic carbocycles. The molecule has 0 spiro atoms. The van der Waals surface area contributed by atoms with Crippen molar-refractivity contribution < 1.29 is 26.7 Å². The van der Waals surface area contributed by atoms with Gasteiger partial charge < -0.3 is 9.72 Å². The van der Waals surface area contributed by atoms with Crippen LogP contribution in [0.25, 0.3) is 0 Å². The van der Waals surface area contributed by atoms with Gasteiger partial charge in [0.25, 0.3) is 12.0 Å². The van der Waals surface area contributed by atoms with Crippen LogP contribution in [0.3, 0.4) is 0 Å². The number of aromatic nitrogens is 1. The van der Waals surface area contributed by atoms with Crippen LogP contribution in [0.15, 0.2) is 11.0 Å². The van der Waals surface area contributed by atoms with Crippen molar-refractivity contribution in [1.82, 2.24) is 4.98 Å². The Hall–Kier alpha value is -1.60. The smallest absolute Gasteiger partial charge is 0.404 e. The highest BCUT2D eigenvalue weighted by Gasteiger charge is 2.34. The van der Waals surface area contributed by atoms with Gasteiger partial charge in [-0.2, -0.15) is 0 Å². The Kier molecular flexibility index (Phi) is 3.20. The van der Waals surface area contributed by atoms with Gasteiger partial charge in [-0.15, -0.1) is 13.2 Å². The molecule has 1 aromatic rings. The third kappa shape index (κ3) is 2.71. The second-order valence-corrected chi connectivity index (χ2v) is 2.87. The SMILES string of the molecule is Cc1c(C(F)F)c(OC(F)(F)F)c[nH]c1=O. The van der Waals surface area contributed by atoms with E-state index in [1.807, 2.05) is 4.98 Å². The molecule has 0 atom stereocenters. The average Bonchev–Trinajstić information content (AvgIpc) is 2.08. The van der Waals surface area contributed by atoms with Crippen LogP contribution in [-0.2, 0) is 0 Å². The quantitative estimate of drug-likeness (QED) is 0.811. The fourth-order valence-corrected chi connectivity index (χ4v) is 1.10. The van der Waals surface area contributed by atoms with Gasteiger partial charge in [-0.1, -0.05) is 0 Å². The van der Waals surface area contributed by atoms with Crippen LogP contribution in [0, 0.1) is 6.92 Å². The maximum absolute atomic E-state index is 12.4. The highest BCUT2D eigenvalue weighted by molar-refractivity contribution is 5.37. The third-order valence-corrected chi connectivity index (χ3v) is 1.79. The van der Waals surface area contributed by atoms with E-state index in [1.54, 1.807) is 0 Å². The van der Waals surface area contributed by atoms with E-state index in [1.165, 1.54) is 0 Å². The van der Waals surface area contributed by atoms with Crippen molar-refractivity contribution in [2.75, 3.05) is 0 Å². The van der Waals surface area contributed by atoms with Crippen LogP contribution < -0.4 is 10.3 Å². The molecule has 0 radical (unpaired) electrons. The van der Waals surface area contributed by atoms with Crippen LogP contribution in [0.1, 0.15) is 17.6 Å². The number of halogens is 5. The Morgan fingerprint density at radius 3 is 2.38 bits per heavy atom. The number of alkyl halides is 5. The Labute approximate surface area is 85.8 Å². The van der Waals surface area contributed by atoms with Gasteiger partial charge in [-0.3, -0.25) is 4.79 Å². The van der Waals surface area contributed by atoms with Gasteiger partial charge in [0.1, 0.15) is 0 Å². The van der Waals surface area contributed by atoms with Crippen molar-refractivity contribution in [3.8, 4) is 5.75 Å². The van der Waals surface area contributed by atoms with Crippen molar-refractivity contribution in [3.05, 3.63) is 27.7 Å². The van der Waals surface area contributed by atoms with Gasteiger partial charge in [0.2, 0.25) is 0 Å². The van der Waals surface area contributed by atoms with Crippen LogP contribution in [-0.4, -0.2) is 11.3 Å². The second kappa shape index (κ2) is 4.11. The van der Waals surface area contributed by atoms with Gasteiger partial charge in [0.15, 0.2) is 5.75 Å². The number of pyridine rings is 1. The van der Waals surface area contributed by atoms with Crippen molar-refractivity contribution in [1.29, 1.82) is 0 Å². The first-order chi connectivity index (χ1) is 7.22. The van der Waals surface area contributed by atoms with E-state index < -0.39 is 35.2 Å². The van der Waals surface area contributed by atoms with E-state index in [9.17, 15) is 26.7 Å². The first-order valence-electron chi connectivity index (χ1n) is 3.98. The summed E-state index contributed by atoms with van der Waals surface area (Å²) in [5, 5.41) is 0. The zero-order chi connectivity index (χ0) is 12.5. The summed E-state index contributed by atoms with van der Waals surface area (Å²) in [4.78, 5) is 12.8. The molecular weight excluding hydrogens is 237 g/mol. The minimum absolute atomic E-state index is 0.463. The first-order valence-corrected chi connectivity index (χ1v) is 3.98. The summed E-state index contributed by atoms with van der Waals surface area (Å²) >= 11 is 0. The maximum Gasteiger partial charge on any atom is 0.573 e. The fourth-order valence-electron chi connectivity index (χ4n) is 1.10. The molecule has 0 aliphatic heterocycles. The summed E-state index contributed by atoms with van der Waals surface area (Å²) in [7, 11) is 0. The summed E-state index contributed by atoms with van der Waals surface area (Å²) in [6.07, 6.45) is -7.85. The van der Waals surface area contributed by atoms with Gasteiger partial charge in [0.05, 0.1) is 5.56 Å². The predicted octanol–water partition coefficient (Wildman–Crippen LogP) is 2.52. The fraction of sp³-hybridized carbons (Fsp3) is 0.375. The molecule has 0 amide bonds. The summed E-state index contributed by atoms with van der Waals surface area (Å²) in [5.41, 5.74) is -2.44. The van der Waals surface area contributed by atoms with E-state index in [0.717, 1.165) is 6.92 Å². The summed E-state index contributed by atoms with van der Waals surface area (Å²) in [6.45, 7) is 0.990. The number of hydrogen-bond donors (Lipinski definition) is 1. The largest absolute Gasteiger partial charge is 0.573 e. The molecule has 0 fully saturated rings. The zero-order valence-corrected chi connectivity index (χ0v) is 7.86. The standard InChI is InChI=1S/C8H6F5NO2/c1-3-5(6(9)10)4(2-14-7(3)15)16-8(11,12)13/h2,6H,1H3,(H,14,15). The molecule has 0 saturated carbocycles. The molecule has 0 aromatic carbocycles.